The minimum Gasteiger partial charge on any atom is -0.480 e. The van der Waals surface area contributed by atoms with Crippen LogP contribution in [0.3, 0.4) is 0 Å². The van der Waals surface area contributed by atoms with E-state index in [-0.39, 0.29) is 12.8 Å². The summed E-state index contributed by atoms with van der Waals surface area (Å²) in [4.78, 5) is 35.1. The maximum atomic E-state index is 11.9. The van der Waals surface area contributed by atoms with Gasteiger partial charge >= 0.3 is 12.0 Å². The highest BCUT2D eigenvalue weighted by Gasteiger charge is 2.24. The Morgan fingerprint density at radius 3 is 2.74 bits per heavy atom. The van der Waals surface area contributed by atoms with Crippen LogP contribution in [0, 0.1) is 0 Å². The summed E-state index contributed by atoms with van der Waals surface area (Å²) in [5.41, 5.74) is 6.04. The van der Waals surface area contributed by atoms with E-state index in [1.807, 2.05) is 13.0 Å². The number of nitrogens with zero attached hydrogens (tertiary/aromatic N) is 1. The van der Waals surface area contributed by atoms with Gasteiger partial charge in [-0.05, 0) is 19.8 Å². The van der Waals surface area contributed by atoms with Crippen LogP contribution in [0.15, 0.2) is 11.6 Å². The van der Waals surface area contributed by atoms with Crippen molar-refractivity contribution in [2.75, 3.05) is 13.1 Å². The molecule has 0 aliphatic carbocycles. The lowest BCUT2D eigenvalue weighted by Gasteiger charge is -2.27. The fourth-order valence-corrected chi connectivity index (χ4v) is 1.87. The Morgan fingerprint density at radius 2 is 2.21 bits per heavy atom. The molecule has 7 nitrogen and oxygen atoms in total. The fraction of sp³-hybridized carbons (Fsp3) is 0.583. The molecule has 1 aliphatic heterocycles. The van der Waals surface area contributed by atoms with Crippen LogP contribution in [-0.4, -0.2) is 47.0 Å². The molecule has 1 aliphatic rings. The molecule has 0 saturated carbocycles. The van der Waals surface area contributed by atoms with Crippen molar-refractivity contribution in [3.8, 4) is 0 Å². The second kappa shape index (κ2) is 6.77. The van der Waals surface area contributed by atoms with Gasteiger partial charge < -0.3 is 21.1 Å². The molecular weight excluding hydrogens is 250 g/mol. The number of hydrogen-bond acceptors (Lipinski definition) is 3. The molecule has 0 aromatic rings. The number of rotatable bonds is 5. The number of nitrogens with two attached hydrogens (primary N) is 1. The van der Waals surface area contributed by atoms with Crippen LogP contribution in [0.4, 0.5) is 4.79 Å². The molecule has 0 bridgehead atoms. The monoisotopic (exact) mass is 269 g/mol. The third-order valence-electron chi connectivity index (χ3n) is 2.89. The van der Waals surface area contributed by atoms with E-state index < -0.39 is 23.9 Å². The van der Waals surface area contributed by atoms with E-state index in [1.54, 1.807) is 4.90 Å². The standard InChI is InChI=1S/C12H19N3O4/c1-8-3-2-6-15(7-8)12(19)14-9(11(17)18)4-5-10(13)16/h3,9H,2,4-7H2,1H3,(H2,13,16)(H,14,19)(H,17,18). The molecule has 4 N–H and O–H groups in total. The van der Waals surface area contributed by atoms with E-state index in [1.165, 1.54) is 0 Å². The molecule has 0 saturated heterocycles. The highest BCUT2D eigenvalue weighted by atomic mass is 16.4. The largest absolute Gasteiger partial charge is 0.480 e. The van der Waals surface area contributed by atoms with Gasteiger partial charge in [0.15, 0.2) is 0 Å². The molecule has 0 aromatic heterocycles. The van der Waals surface area contributed by atoms with Gasteiger partial charge in [-0.1, -0.05) is 11.6 Å². The first kappa shape index (κ1) is 15.0. The summed E-state index contributed by atoms with van der Waals surface area (Å²) >= 11 is 0. The molecule has 3 amide bonds. The number of carbonyl (C=O) groups is 3. The SMILES string of the molecule is CC1=CCCN(C(=O)NC(CCC(N)=O)C(=O)O)C1. The lowest BCUT2D eigenvalue weighted by molar-refractivity contribution is -0.139. The highest BCUT2D eigenvalue weighted by Crippen LogP contribution is 2.09. The summed E-state index contributed by atoms with van der Waals surface area (Å²) in [7, 11) is 0. The van der Waals surface area contributed by atoms with Crippen molar-refractivity contribution in [2.45, 2.75) is 32.2 Å². The number of primary amides is 1. The molecule has 7 heteroatoms. The van der Waals surface area contributed by atoms with Gasteiger partial charge in [-0.3, -0.25) is 4.79 Å². The number of aliphatic carboxylic acids is 1. The second-order valence-corrected chi connectivity index (χ2v) is 4.61. The predicted molar refractivity (Wildman–Crippen MR) is 68.3 cm³/mol. The molecule has 1 unspecified atom stereocenters. The Labute approximate surface area is 111 Å². The average molecular weight is 269 g/mol. The first-order valence-corrected chi connectivity index (χ1v) is 6.12. The van der Waals surface area contributed by atoms with Crippen LogP contribution < -0.4 is 11.1 Å². The van der Waals surface area contributed by atoms with Gasteiger partial charge in [0.1, 0.15) is 6.04 Å². The zero-order chi connectivity index (χ0) is 14.4. The maximum absolute atomic E-state index is 11.9. The first-order chi connectivity index (χ1) is 8.90. The number of hydrogen-bond donors (Lipinski definition) is 3. The minimum absolute atomic E-state index is 0.000925. The summed E-state index contributed by atoms with van der Waals surface area (Å²) in [5, 5.41) is 11.4. The fourth-order valence-electron chi connectivity index (χ4n) is 1.87. The van der Waals surface area contributed by atoms with Crippen LogP contribution in [-0.2, 0) is 9.59 Å². The smallest absolute Gasteiger partial charge is 0.326 e. The molecule has 1 rings (SSSR count). The van der Waals surface area contributed by atoms with Gasteiger partial charge in [-0.25, -0.2) is 9.59 Å². The molecular formula is C12H19N3O4. The van der Waals surface area contributed by atoms with Crippen LogP contribution >= 0.6 is 0 Å². The van der Waals surface area contributed by atoms with Crippen LogP contribution in [0.25, 0.3) is 0 Å². The Hall–Kier alpha value is -2.05. The summed E-state index contributed by atoms with van der Waals surface area (Å²) in [5.74, 6) is -1.75. The number of amides is 3. The molecule has 1 heterocycles. The van der Waals surface area contributed by atoms with Gasteiger partial charge in [-0.2, -0.15) is 0 Å². The van der Waals surface area contributed by atoms with Gasteiger partial charge in [-0.15, -0.1) is 0 Å². The van der Waals surface area contributed by atoms with Crippen LogP contribution in [0.2, 0.25) is 0 Å². The number of urea groups is 1. The average Bonchev–Trinajstić information content (AvgIpc) is 2.33. The van der Waals surface area contributed by atoms with Crippen molar-refractivity contribution >= 4 is 17.9 Å². The normalized spacial score (nSPS) is 16.5. The van der Waals surface area contributed by atoms with Crippen molar-refractivity contribution in [1.82, 2.24) is 10.2 Å². The number of nitrogens with one attached hydrogen (secondary N) is 1. The lowest BCUT2D eigenvalue weighted by atomic mass is 10.1. The van der Waals surface area contributed by atoms with Gasteiger partial charge in [0.2, 0.25) is 5.91 Å². The van der Waals surface area contributed by atoms with E-state index in [4.69, 9.17) is 10.8 Å². The van der Waals surface area contributed by atoms with Crippen molar-refractivity contribution in [3.63, 3.8) is 0 Å². The number of carboxylic acids is 1. The van der Waals surface area contributed by atoms with E-state index >= 15 is 0 Å². The molecule has 19 heavy (non-hydrogen) atoms. The summed E-state index contributed by atoms with van der Waals surface area (Å²) < 4.78 is 0. The molecule has 106 valence electrons. The maximum Gasteiger partial charge on any atom is 0.326 e. The minimum atomic E-state index is -1.17. The summed E-state index contributed by atoms with van der Waals surface area (Å²) in [6.07, 6.45) is 2.74. The Kier molecular flexibility index (Phi) is 5.35. The molecule has 1 atom stereocenters. The summed E-state index contributed by atoms with van der Waals surface area (Å²) in [6, 6.07) is -1.52. The predicted octanol–water partition coefficient (Wildman–Crippen LogP) is 0.0667. The Morgan fingerprint density at radius 1 is 1.53 bits per heavy atom. The number of carbonyl (C=O) groups excluding carboxylic acids is 2. The molecule has 0 spiro atoms. The van der Waals surface area contributed by atoms with Crippen molar-refractivity contribution in [1.29, 1.82) is 0 Å². The third-order valence-corrected chi connectivity index (χ3v) is 2.89. The van der Waals surface area contributed by atoms with E-state index in [0.717, 1.165) is 12.0 Å². The zero-order valence-corrected chi connectivity index (χ0v) is 10.9. The topological polar surface area (TPSA) is 113 Å². The van der Waals surface area contributed by atoms with Crippen LogP contribution in [0.5, 0.6) is 0 Å². The van der Waals surface area contributed by atoms with Gasteiger partial charge in [0.05, 0.1) is 0 Å². The Balaban J connectivity index is 2.53. The zero-order valence-electron chi connectivity index (χ0n) is 10.9. The van der Waals surface area contributed by atoms with Gasteiger partial charge in [0, 0.05) is 19.5 Å². The number of carboxylic acid groups (broad SMARTS) is 1. The Bertz CT molecular complexity index is 406. The molecule has 0 fully saturated rings. The van der Waals surface area contributed by atoms with E-state index in [9.17, 15) is 14.4 Å². The van der Waals surface area contributed by atoms with Crippen molar-refractivity contribution in [3.05, 3.63) is 11.6 Å². The van der Waals surface area contributed by atoms with Crippen molar-refractivity contribution in [2.24, 2.45) is 5.73 Å². The molecule has 0 radical (unpaired) electrons. The second-order valence-electron chi connectivity index (χ2n) is 4.61. The van der Waals surface area contributed by atoms with E-state index in [0.29, 0.717) is 13.1 Å². The van der Waals surface area contributed by atoms with E-state index in [2.05, 4.69) is 5.32 Å². The molecule has 0 aromatic carbocycles. The lowest BCUT2D eigenvalue weighted by Crippen LogP contribution is -2.49. The quantitative estimate of drug-likeness (QED) is 0.613. The van der Waals surface area contributed by atoms with Crippen molar-refractivity contribution < 1.29 is 19.5 Å². The van der Waals surface area contributed by atoms with Crippen LogP contribution in [0.1, 0.15) is 26.2 Å². The first-order valence-electron chi connectivity index (χ1n) is 6.12. The van der Waals surface area contributed by atoms with Gasteiger partial charge in [0.25, 0.3) is 0 Å². The summed E-state index contributed by atoms with van der Waals surface area (Å²) in [6.45, 7) is 2.97. The highest BCUT2D eigenvalue weighted by molar-refractivity contribution is 5.83. The third kappa shape index (κ3) is 4.99.